The molecule has 5 rings (SSSR count). The van der Waals surface area contributed by atoms with Crippen LogP contribution < -0.4 is 0 Å². The van der Waals surface area contributed by atoms with Crippen LogP contribution in [0.1, 0.15) is 29.9 Å². The van der Waals surface area contributed by atoms with Crippen molar-refractivity contribution in [1.82, 2.24) is 10.0 Å². The van der Waals surface area contributed by atoms with E-state index in [-0.39, 0.29) is 18.3 Å². The molecule has 26 heavy (non-hydrogen) atoms. The molecule has 142 valence electrons. The van der Waals surface area contributed by atoms with E-state index in [0.29, 0.717) is 23.0 Å². The highest BCUT2D eigenvalue weighted by Gasteiger charge is 2.64. The van der Waals surface area contributed by atoms with Crippen LogP contribution in [0.3, 0.4) is 0 Å². The molecule has 0 amide bonds. The summed E-state index contributed by atoms with van der Waals surface area (Å²) in [6.07, 6.45) is -3.77. The summed E-state index contributed by atoms with van der Waals surface area (Å²) in [7, 11) is -2.79. The van der Waals surface area contributed by atoms with Gasteiger partial charge in [0.15, 0.2) is 9.84 Å². The molecule has 1 aromatic carbocycles. The van der Waals surface area contributed by atoms with Crippen LogP contribution in [0.15, 0.2) is 24.3 Å². The lowest BCUT2D eigenvalue weighted by Crippen LogP contribution is -2.74. The van der Waals surface area contributed by atoms with Gasteiger partial charge in [-0.25, -0.2) is 18.4 Å². The molecule has 3 saturated heterocycles. The molecule has 0 bridgehead atoms. The van der Waals surface area contributed by atoms with E-state index in [4.69, 9.17) is 0 Å². The quantitative estimate of drug-likeness (QED) is 0.800. The van der Waals surface area contributed by atoms with E-state index in [1.54, 1.807) is 12.1 Å². The van der Waals surface area contributed by atoms with Crippen LogP contribution in [0, 0.1) is 5.41 Å². The maximum absolute atomic E-state index is 13.2. The molecule has 0 N–H and O–H groups in total. The van der Waals surface area contributed by atoms with Crippen molar-refractivity contribution in [3.05, 3.63) is 35.4 Å². The number of sulfone groups is 1. The Morgan fingerprint density at radius 3 is 2.00 bits per heavy atom. The van der Waals surface area contributed by atoms with Crippen LogP contribution in [0.4, 0.5) is 13.2 Å². The fourth-order valence-electron chi connectivity index (χ4n) is 4.83. The van der Waals surface area contributed by atoms with Crippen LogP contribution >= 0.6 is 0 Å². The topological polar surface area (TPSA) is 40.6 Å². The highest BCUT2D eigenvalue weighted by molar-refractivity contribution is 7.92. The number of nitrogens with zero attached hydrogens (tertiary/aromatic N) is 2. The second kappa shape index (κ2) is 5.02. The number of alkyl halides is 3. The third-order valence-electron chi connectivity index (χ3n) is 6.58. The Hall–Kier alpha value is -1.12. The zero-order valence-electron chi connectivity index (χ0n) is 14.3. The number of hydrogen-bond acceptors (Lipinski definition) is 4. The molecule has 8 heteroatoms. The maximum atomic E-state index is 13.2. The van der Waals surface area contributed by atoms with Crippen molar-refractivity contribution in [2.75, 3.05) is 37.7 Å². The first-order chi connectivity index (χ1) is 12.1. The first-order valence-electron chi connectivity index (χ1n) is 8.99. The fraction of sp³-hybridized carbons (Fsp3) is 0.667. The highest BCUT2D eigenvalue weighted by atomic mass is 32.2. The second-order valence-electron chi connectivity index (χ2n) is 8.63. The van der Waals surface area contributed by atoms with E-state index in [9.17, 15) is 21.6 Å². The molecule has 0 atom stereocenters. The third kappa shape index (κ3) is 2.45. The first kappa shape index (κ1) is 17.0. The van der Waals surface area contributed by atoms with Gasteiger partial charge in [0.2, 0.25) is 0 Å². The molecule has 4 nitrogen and oxygen atoms in total. The largest absolute Gasteiger partial charge is 0.398 e. The van der Waals surface area contributed by atoms with Crippen molar-refractivity contribution in [2.24, 2.45) is 5.41 Å². The number of hydrazine groups is 1. The van der Waals surface area contributed by atoms with Gasteiger partial charge in [-0.15, -0.1) is 0 Å². The summed E-state index contributed by atoms with van der Waals surface area (Å²) in [4.78, 5) is 0. The SMILES string of the molecule is O=S1(=O)CC2(CN(N3CC(c4ccc(C5(C(F)(F)F)CC5)cc4)C3)C2)C1. The van der Waals surface area contributed by atoms with Crippen LogP contribution in [0.2, 0.25) is 0 Å². The molecule has 0 aromatic heterocycles. The number of rotatable bonds is 3. The van der Waals surface area contributed by atoms with Crippen molar-refractivity contribution in [3.8, 4) is 0 Å². The zero-order valence-corrected chi connectivity index (χ0v) is 15.1. The summed E-state index contributed by atoms with van der Waals surface area (Å²) < 4.78 is 62.3. The van der Waals surface area contributed by atoms with Gasteiger partial charge < -0.3 is 0 Å². The van der Waals surface area contributed by atoms with Gasteiger partial charge in [-0.1, -0.05) is 24.3 Å². The van der Waals surface area contributed by atoms with Gasteiger partial charge in [0.25, 0.3) is 0 Å². The van der Waals surface area contributed by atoms with Crippen LogP contribution in [-0.2, 0) is 15.3 Å². The third-order valence-corrected chi connectivity index (χ3v) is 8.68. The van der Waals surface area contributed by atoms with Gasteiger partial charge in [-0.05, 0) is 24.0 Å². The summed E-state index contributed by atoms with van der Waals surface area (Å²) >= 11 is 0. The van der Waals surface area contributed by atoms with Crippen LogP contribution in [0.5, 0.6) is 0 Å². The Labute approximate surface area is 150 Å². The molecule has 1 spiro atoms. The van der Waals surface area contributed by atoms with E-state index in [2.05, 4.69) is 10.0 Å². The molecule has 1 aromatic rings. The molecule has 3 aliphatic heterocycles. The minimum Gasteiger partial charge on any atom is -0.240 e. The Morgan fingerprint density at radius 1 is 0.962 bits per heavy atom. The maximum Gasteiger partial charge on any atom is 0.398 e. The Kier molecular flexibility index (Phi) is 3.29. The van der Waals surface area contributed by atoms with Gasteiger partial charge in [0, 0.05) is 37.5 Å². The Morgan fingerprint density at radius 2 is 1.54 bits per heavy atom. The highest BCUT2D eigenvalue weighted by Crippen LogP contribution is 2.59. The molecule has 1 aliphatic carbocycles. The van der Waals surface area contributed by atoms with Gasteiger partial charge in [-0.3, -0.25) is 0 Å². The van der Waals surface area contributed by atoms with Gasteiger partial charge in [0.1, 0.15) is 0 Å². The first-order valence-corrected chi connectivity index (χ1v) is 10.8. The minimum absolute atomic E-state index is 0.0122. The van der Waals surface area contributed by atoms with Crippen molar-refractivity contribution in [1.29, 1.82) is 0 Å². The van der Waals surface area contributed by atoms with E-state index >= 15 is 0 Å². The zero-order chi connectivity index (χ0) is 18.4. The van der Waals surface area contributed by atoms with Gasteiger partial charge in [0.05, 0.1) is 16.9 Å². The summed E-state index contributed by atoms with van der Waals surface area (Å²) in [5, 5.41) is 4.44. The number of benzene rings is 1. The Balaban J connectivity index is 1.17. The van der Waals surface area contributed by atoms with Crippen molar-refractivity contribution >= 4 is 9.84 Å². The minimum atomic E-state index is -4.16. The smallest absolute Gasteiger partial charge is 0.240 e. The fourth-order valence-corrected chi connectivity index (χ4v) is 6.98. The van der Waals surface area contributed by atoms with Crippen molar-refractivity contribution < 1.29 is 21.6 Å². The monoisotopic (exact) mass is 386 g/mol. The molecule has 0 radical (unpaired) electrons. The van der Waals surface area contributed by atoms with E-state index < -0.39 is 21.4 Å². The van der Waals surface area contributed by atoms with Gasteiger partial charge >= 0.3 is 6.18 Å². The summed E-state index contributed by atoms with van der Waals surface area (Å²) in [5.41, 5.74) is -0.140. The van der Waals surface area contributed by atoms with Gasteiger partial charge in [-0.2, -0.15) is 13.2 Å². The predicted octanol–water partition coefficient (Wildman–Crippen LogP) is 2.33. The molecule has 1 saturated carbocycles. The molecular formula is C18H21F3N2O2S. The standard InChI is InChI=1S/C18H21F3N2O2S/c19-18(20,21)17(5-6-17)15-3-1-13(2-4-15)14-7-22(8-14)23-9-16(10-23)11-26(24,25)12-16/h1-4,14H,5-12H2. The van der Waals surface area contributed by atoms with Crippen LogP contribution in [-0.4, -0.2) is 62.3 Å². The molecule has 0 unspecified atom stereocenters. The number of hydrogen-bond donors (Lipinski definition) is 0. The average molecular weight is 386 g/mol. The molecule has 4 aliphatic rings. The average Bonchev–Trinajstić information content (AvgIpc) is 3.23. The van der Waals surface area contributed by atoms with E-state index in [1.165, 1.54) is 0 Å². The lowest BCUT2D eigenvalue weighted by molar-refractivity contribution is -0.176. The summed E-state index contributed by atoms with van der Waals surface area (Å²) in [6.45, 7) is 3.33. The normalized spacial score (nSPS) is 29.7. The number of halogens is 3. The van der Waals surface area contributed by atoms with Crippen molar-refractivity contribution in [2.45, 2.75) is 30.4 Å². The molecular weight excluding hydrogens is 365 g/mol. The molecule has 4 fully saturated rings. The van der Waals surface area contributed by atoms with E-state index in [0.717, 1.165) is 31.7 Å². The summed E-state index contributed by atoms with van der Waals surface area (Å²) in [6, 6.07) is 6.99. The predicted molar refractivity (Wildman–Crippen MR) is 90.4 cm³/mol. The lowest BCUT2D eigenvalue weighted by Gasteiger charge is -2.60. The molecule has 3 heterocycles. The van der Waals surface area contributed by atoms with E-state index in [1.807, 2.05) is 12.1 Å². The Bertz CT molecular complexity index is 820. The van der Waals surface area contributed by atoms with Crippen molar-refractivity contribution in [3.63, 3.8) is 0 Å². The summed E-state index contributed by atoms with van der Waals surface area (Å²) in [5.74, 6) is 0.971. The second-order valence-corrected chi connectivity index (χ2v) is 10.7. The van der Waals surface area contributed by atoms with Crippen LogP contribution in [0.25, 0.3) is 0 Å². The lowest BCUT2D eigenvalue weighted by atomic mass is 9.83.